The summed E-state index contributed by atoms with van der Waals surface area (Å²) in [6.07, 6.45) is 0. The first-order valence-electron chi connectivity index (χ1n) is 6.93. The zero-order valence-corrected chi connectivity index (χ0v) is 12.4. The Labute approximate surface area is 131 Å². The molecule has 0 saturated heterocycles. The molecule has 0 radical (unpaired) electrons. The lowest BCUT2D eigenvalue weighted by molar-refractivity contribution is 0.476. The molecule has 0 unspecified atom stereocenters. The van der Waals surface area contributed by atoms with Crippen LogP contribution in [-0.4, -0.2) is 14.9 Å². The van der Waals surface area contributed by atoms with Crippen molar-refractivity contribution >= 4 is 17.1 Å². The highest BCUT2D eigenvalue weighted by molar-refractivity contribution is 5.59. The predicted octanol–water partition coefficient (Wildman–Crippen LogP) is 3.18. The second kappa shape index (κ2) is 5.80. The molecule has 0 spiro atoms. The summed E-state index contributed by atoms with van der Waals surface area (Å²) in [6, 6.07) is 13.6. The fourth-order valence-corrected chi connectivity index (χ4v) is 2.14. The molecule has 0 atom stereocenters. The van der Waals surface area contributed by atoms with E-state index in [9.17, 15) is 9.90 Å². The van der Waals surface area contributed by atoms with Gasteiger partial charge in [-0.1, -0.05) is 18.2 Å². The van der Waals surface area contributed by atoms with Crippen molar-refractivity contribution in [2.45, 2.75) is 6.92 Å². The SMILES string of the molecule is Cc1[nH]n(-c2ccccc2)c(=O)c1N=Nc1cc(N)ccc1O. The van der Waals surface area contributed by atoms with E-state index in [-0.39, 0.29) is 22.7 Å². The smallest absolute Gasteiger partial charge is 0.299 e. The van der Waals surface area contributed by atoms with Gasteiger partial charge in [0.1, 0.15) is 11.4 Å². The Kier molecular flexibility index (Phi) is 3.68. The number of nitrogens with zero attached hydrogens (tertiary/aromatic N) is 3. The first-order chi connectivity index (χ1) is 11.1. The predicted molar refractivity (Wildman–Crippen MR) is 87.8 cm³/mol. The quantitative estimate of drug-likeness (QED) is 0.392. The summed E-state index contributed by atoms with van der Waals surface area (Å²) >= 11 is 0. The molecule has 4 N–H and O–H groups in total. The number of aryl methyl sites for hydroxylation is 1. The number of nitrogen functional groups attached to an aromatic ring is 1. The summed E-state index contributed by atoms with van der Waals surface area (Å²) in [4.78, 5) is 12.5. The molecule has 7 nitrogen and oxygen atoms in total. The van der Waals surface area contributed by atoms with Crippen LogP contribution < -0.4 is 11.3 Å². The van der Waals surface area contributed by atoms with Gasteiger partial charge in [-0.2, -0.15) is 0 Å². The van der Waals surface area contributed by atoms with Crippen molar-refractivity contribution < 1.29 is 5.11 Å². The molecule has 7 heteroatoms. The number of anilines is 1. The molecule has 0 amide bonds. The van der Waals surface area contributed by atoms with Gasteiger partial charge in [-0.3, -0.25) is 9.89 Å². The van der Waals surface area contributed by atoms with Crippen LogP contribution in [0.4, 0.5) is 17.1 Å². The normalized spacial score (nSPS) is 11.2. The first-order valence-corrected chi connectivity index (χ1v) is 6.93. The van der Waals surface area contributed by atoms with Crippen molar-refractivity contribution in [3.05, 3.63) is 64.6 Å². The largest absolute Gasteiger partial charge is 0.506 e. The minimum atomic E-state index is -0.319. The van der Waals surface area contributed by atoms with Gasteiger partial charge in [-0.15, -0.1) is 10.2 Å². The average Bonchev–Trinajstić information content (AvgIpc) is 2.84. The van der Waals surface area contributed by atoms with Gasteiger partial charge in [0.15, 0.2) is 5.69 Å². The number of hydrogen-bond acceptors (Lipinski definition) is 5. The molecule has 0 fully saturated rings. The topological polar surface area (TPSA) is 109 Å². The minimum Gasteiger partial charge on any atom is -0.506 e. The molecular formula is C16H15N5O2. The van der Waals surface area contributed by atoms with Gasteiger partial charge in [0.2, 0.25) is 0 Å². The van der Waals surface area contributed by atoms with Crippen LogP contribution in [0.1, 0.15) is 5.69 Å². The highest BCUT2D eigenvalue weighted by atomic mass is 16.3. The number of phenolic OH excluding ortho intramolecular Hbond substituents is 1. The van der Waals surface area contributed by atoms with E-state index in [0.29, 0.717) is 17.1 Å². The van der Waals surface area contributed by atoms with E-state index >= 15 is 0 Å². The molecule has 1 heterocycles. The lowest BCUT2D eigenvalue weighted by atomic mass is 10.2. The molecule has 2 aromatic carbocycles. The van der Waals surface area contributed by atoms with Gasteiger partial charge in [0.05, 0.1) is 11.4 Å². The Morgan fingerprint density at radius 2 is 1.87 bits per heavy atom. The summed E-state index contributed by atoms with van der Waals surface area (Å²) in [5.74, 6) is -0.0560. The number of aromatic nitrogens is 2. The van der Waals surface area contributed by atoms with Gasteiger partial charge >= 0.3 is 0 Å². The Morgan fingerprint density at radius 3 is 2.61 bits per heavy atom. The van der Waals surface area contributed by atoms with E-state index < -0.39 is 0 Å². The average molecular weight is 309 g/mol. The van der Waals surface area contributed by atoms with Crippen LogP contribution in [0.5, 0.6) is 5.75 Å². The summed E-state index contributed by atoms with van der Waals surface area (Å²) < 4.78 is 1.39. The Hall–Kier alpha value is -3.35. The van der Waals surface area contributed by atoms with Crippen LogP contribution in [-0.2, 0) is 0 Å². The molecule has 3 aromatic rings. The van der Waals surface area contributed by atoms with Gasteiger partial charge in [0, 0.05) is 5.69 Å². The summed E-state index contributed by atoms with van der Waals surface area (Å²) in [5.41, 5.74) is 7.44. The zero-order valence-electron chi connectivity index (χ0n) is 12.4. The Bertz CT molecular complexity index is 925. The Balaban J connectivity index is 2.02. The minimum absolute atomic E-state index is 0.0560. The van der Waals surface area contributed by atoms with Gasteiger partial charge in [-0.05, 0) is 37.3 Å². The second-order valence-electron chi connectivity index (χ2n) is 5.01. The van der Waals surface area contributed by atoms with Gasteiger partial charge in [0.25, 0.3) is 5.56 Å². The molecule has 3 rings (SSSR count). The molecule has 0 aliphatic heterocycles. The van der Waals surface area contributed by atoms with E-state index in [1.165, 1.54) is 16.8 Å². The van der Waals surface area contributed by atoms with E-state index in [1.807, 2.05) is 30.3 Å². The Morgan fingerprint density at radius 1 is 1.13 bits per heavy atom. The molecule has 0 bridgehead atoms. The molecule has 0 saturated carbocycles. The number of aromatic hydroxyl groups is 1. The number of benzene rings is 2. The maximum atomic E-state index is 12.5. The third kappa shape index (κ3) is 2.84. The molecule has 23 heavy (non-hydrogen) atoms. The number of H-pyrrole nitrogens is 1. The third-order valence-corrected chi connectivity index (χ3v) is 3.31. The highest BCUT2D eigenvalue weighted by Crippen LogP contribution is 2.29. The fraction of sp³-hybridized carbons (Fsp3) is 0.0625. The zero-order chi connectivity index (χ0) is 16.4. The van der Waals surface area contributed by atoms with E-state index in [1.54, 1.807) is 13.0 Å². The molecular weight excluding hydrogens is 294 g/mol. The highest BCUT2D eigenvalue weighted by Gasteiger charge is 2.12. The van der Waals surface area contributed by atoms with Crippen molar-refractivity contribution in [3.63, 3.8) is 0 Å². The van der Waals surface area contributed by atoms with Gasteiger partial charge < -0.3 is 10.8 Å². The van der Waals surface area contributed by atoms with Crippen LogP contribution in [0.3, 0.4) is 0 Å². The molecule has 0 aliphatic rings. The van der Waals surface area contributed by atoms with E-state index in [0.717, 1.165) is 0 Å². The van der Waals surface area contributed by atoms with Crippen molar-refractivity contribution in [1.82, 2.24) is 9.78 Å². The number of nitrogens with two attached hydrogens (primary N) is 1. The maximum absolute atomic E-state index is 12.5. The summed E-state index contributed by atoms with van der Waals surface area (Å²) in [7, 11) is 0. The number of para-hydroxylation sites is 1. The van der Waals surface area contributed by atoms with E-state index in [4.69, 9.17) is 5.73 Å². The standard InChI is InChI=1S/C16H15N5O2/c1-10-15(19-18-13-9-11(17)7-8-14(13)22)16(23)21(20-10)12-5-3-2-4-6-12/h2-9,20,22H,17H2,1H3. The van der Waals surface area contributed by atoms with E-state index in [2.05, 4.69) is 15.3 Å². The van der Waals surface area contributed by atoms with Crippen molar-refractivity contribution in [2.24, 2.45) is 10.2 Å². The van der Waals surface area contributed by atoms with Crippen LogP contribution in [0.25, 0.3) is 5.69 Å². The molecule has 0 aliphatic carbocycles. The summed E-state index contributed by atoms with van der Waals surface area (Å²) in [6.45, 7) is 1.73. The monoisotopic (exact) mass is 309 g/mol. The number of hydrogen-bond donors (Lipinski definition) is 3. The summed E-state index contributed by atoms with van der Waals surface area (Å²) in [5, 5.41) is 20.6. The number of phenols is 1. The number of aromatic amines is 1. The van der Waals surface area contributed by atoms with Gasteiger partial charge in [-0.25, -0.2) is 4.68 Å². The lowest BCUT2D eigenvalue weighted by Crippen LogP contribution is -2.13. The van der Waals surface area contributed by atoms with Crippen LogP contribution >= 0.6 is 0 Å². The van der Waals surface area contributed by atoms with Crippen LogP contribution in [0, 0.1) is 6.92 Å². The maximum Gasteiger partial charge on any atom is 0.299 e. The molecule has 116 valence electrons. The van der Waals surface area contributed by atoms with Crippen LogP contribution in [0.15, 0.2) is 63.6 Å². The van der Waals surface area contributed by atoms with Crippen molar-refractivity contribution in [3.8, 4) is 11.4 Å². The number of azo groups is 1. The molecule has 1 aromatic heterocycles. The van der Waals surface area contributed by atoms with Crippen molar-refractivity contribution in [2.75, 3.05) is 5.73 Å². The first kappa shape index (κ1) is 14.6. The number of rotatable bonds is 3. The second-order valence-corrected chi connectivity index (χ2v) is 5.01. The van der Waals surface area contributed by atoms with Crippen molar-refractivity contribution in [1.29, 1.82) is 0 Å². The van der Waals surface area contributed by atoms with Crippen LogP contribution in [0.2, 0.25) is 0 Å². The fourth-order valence-electron chi connectivity index (χ4n) is 2.14. The lowest BCUT2D eigenvalue weighted by Gasteiger charge is -1.99. The number of nitrogens with one attached hydrogen (secondary N) is 1. The third-order valence-electron chi connectivity index (χ3n) is 3.31.